The summed E-state index contributed by atoms with van der Waals surface area (Å²) in [6.07, 6.45) is 4.63. The number of carbonyl (C=O) groups is 1. The van der Waals surface area contributed by atoms with E-state index in [9.17, 15) is 14.1 Å². The van der Waals surface area contributed by atoms with Crippen molar-refractivity contribution in [1.29, 1.82) is 4.78 Å². The van der Waals surface area contributed by atoms with Crippen molar-refractivity contribution in [1.82, 2.24) is 9.97 Å². The lowest BCUT2D eigenvalue weighted by Gasteiger charge is -2.17. The second kappa shape index (κ2) is 13.2. The van der Waals surface area contributed by atoms with Crippen LogP contribution in [0.3, 0.4) is 0 Å². The molecule has 41 heavy (non-hydrogen) atoms. The van der Waals surface area contributed by atoms with Crippen LogP contribution in [-0.4, -0.2) is 49.4 Å². The number of anilines is 4. The van der Waals surface area contributed by atoms with Crippen molar-refractivity contribution >= 4 is 39.0 Å². The summed E-state index contributed by atoms with van der Waals surface area (Å²) in [4.78, 5) is 20.1. The van der Waals surface area contributed by atoms with Gasteiger partial charge in [0.2, 0.25) is 5.95 Å². The molecule has 6 N–H and O–H groups in total. The van der Waals surface area contributed by atoms with E-state index in [-0.39, 0.29) is 18.6 Å². The molecule has 3 aromatic carbocycles. The Kier molecular flexibility index (Phi) is 9.53. The number of aliphatic hydroxyl groups is 1. The maximum atomic E-state index is 12.0. The minimum atomic E-state index is -2.86. The molecule has 10 nitrogen and oxygen atoms in total. The maximum Gasteiger partial charge on any atom is 0.409 e. The predicted octanol–water partition coefficient (Wildman–Crippen LogP) is 6.37. The molecule has 0 radical (unpaired) electrons. The second-order valence-electron chi connectivity index (χ2n) is 9.87. The Balaban J connectivity index is 0.000000360. The molecular weight excluding hydrogens is 540 g/mol. The molecule has 0 spiro atoms. The fourth-order valence-corrected chi connectivity index (χ4v) is 4.68. The molecule has 214 valence electrons. The quantitative estimate of drug-likeness (QED) is 0.134. The molecule has 1 aliphatic carbocycles. The van der Waals surface area contributed by atoms with Crippen molar-refractivity contribution in [2.45, 2.75) is 36.6 Å². The number of hydrogen-bond donors (Lipinski definition) is 6. The number of aromatic nitrogens is 2. The molecule has 5 rings (SSSR count). The Bertz CT molecular complexity index is 1580. The van der Waals surface area contributed by atoms with Crippen LogP contribution >= 0.6 is 0 Å². The highest BCUT2D eigenvalue weighted by atomic mass is 32.2. The molecule has 4 aromatic rings. The standard InChI is InChI=1S/C21H24N6O4S.C9H10/c1-13(12-28)24-19-18(14-6-8-15(9-7-14)26-21(29)30)11-23-20(27-19)25-16-4-3-5-17(10-16)32(2,22)31;1-2-4-8(5-3-1)9-6-7-9/h3-11,13,22,26,28H,12H2,1-2H3,(H,29,30)(H2,23,24,25,27);1-5,9H,6-7H2/t13-,32?;/m1./s1. The monoisotopic (exact) mass is 574 g/mol. The lowest BCUT2D eigenvalue weighted by Crippen LogP contribution is -2.21. The Hall–Kier alpha value is -4.48. The molecule has 1 unspecified atom stereocenters. The molecule has 1 amide bonds. The van der Waals surface area contributed by atoms with E-state index in [0.717, 1.165) is 11.5 Å². The topological polar surface area (TPSA) is 160 Å². The second-order valence-corrected chi connectivity index (χ2v) is 12.0. The first-order valence-electron chi connectivity index (χ1n) is 13.1. The first kappa shape index (κ1) is 29.5. The van der Waals surface area contributed by atoms with Gasteiger partial charge in [0.15, 0.2) is 0 Å². The predicted molar refractivity (Wildman–Crippen MR) is 162 cm³/mol. The fourth-order valence-electron chi connectivity index (χ4n) is 3.99. The number of rotatable bonds is 9. The molecule has 0 bridgehead atoms. The number of benzene rings is 3. The first-order valence-corrected chi connectivity index (χ1v) is 15.1. The Labute approximate surface area is 239 Å². The number of nitrogens with zero attached hydrogens (tertiary/aromatic N) is 2. The largest absolute Gasteiger partial charge is 0.465 e. The highest BCUT2D eigenvalue weighted by Crippen LogP contribution is 2.39. The van der Waals surface area contributed by atoms with Gasteiger partial charge in [0, 0.05) is 40.3 Å². The van der Waals surface area contributed by atoms with Gasteiger partial charge in [-0.1, -0.05) is 48.5 Å². The van der Waals surface area contributed by atoms with Crippen LogP contribution in [0.1, 0.15) is 31.2 Å². The molecule has 1 heterocycles. The Morgan fingerprint density at radius 2 is 1.76 bits per heavy atom. The minimum Gasteiger partial charge on any atom is -0.465 e. The summed E-state index contributed by atoms with van der Waals surface area (Å²) >= 11 is 0. The number of carboxylic acid groups (broad SMARTS) is 1. The Morgan fingerprint density at radius 3 is 2.37 bits per heavy atom. The van der Waals surface area contributed by atoms with Gasteiger partial charge in [0.1, 0.15) is 5.82 Å². The molecule has 0 aliphatic heterocycles. The first-order chi connectivity index (χ1) is 19.6. The van der Waals surface area contributed by atoms with Crippen molar-refractivity contribution in [3.05, 3.63) is 90.6 Å². The zero-order valence-electron chi connectivity index (χ0n) is 22.9. The molecule has 1 aromatic heterocycles. The molecule has 11 heteroatoms. The van der Waals surface area contributed by atoms with Crippen molar-refractivity contribution in [2.75, 3.05) is 28.8 Å². The number of aliphatic hydroxyl groups excluding tert-OH is 1. The Morgan fingerprint density at radius 1 is 1.05 bits per heavy atom. The highest BCUT2D eigenvalue weighted by Gasteiger charge is 2.22. The van der Waals surface area contributed by atoms with E-state index in [1.54, 1.807) is 61.7 Å². The lowest BCUT2D eigenvalue weighted by molar-refractivity contribution is 0.209. The average molecular weight is 575 g/mol. The molecule has 1 aliphatic rings. The number of nitrogens with one attached hydrogen (secondary N) is 4. The number of amides is 1. The summed E-state index contributed by atoms with van der Waals surface area (Å²) in [6, 6.07) is 23.9. The van der Waals surface area contributed by atoms with Gasteiger partial charge in [-0.15, -0.1) is 0 Å². The van der Waals surface area contributed by atoms with Gasteiger partial charge in [-0.25, -0.2) is 18.8 Å². The van der Waals surface area contributed by atoms with Gasteiger partial charge >= 0.3 is 6.09 Å². The molecule has 1 saturated carbocycles. The summed E-state index contributed by atoms with van der Waals surface area (Å²) in [7, 11) is -2.86. The summed E-state index contributed by atoms with van der Waals surface area (Å²) in [5.74, 6) is 1.65. The third-order valence-corrected chi connectivity index (χ3v) is 7.43. The van der Waals surface area contributed by atoms with E-state index in [4.69, 9.17) is 9.89 Å². The van der Waals surface area contributed by atoms with Crippen LogP contribution in [0, 0.1) is 4.78 Å². The minimum absolute atomic E-state index is 0.107. The summed E-state index contributed by atoms with van der Waals surface area (Å²) in [6.45, 7) is 1.69. The number of hydrogen-bond acceptors (Lipinski definition) is 8. The SMILES string of the molecule is C[C@H](CO)Nc1nc(Nc2cccc(S(C)(=N)=O)c2)ncc1-c1ccc(NC(=O)O)cc1.c1ccc(C2CC2)cc1. The van der Waals surface area contributed by atoms with E-state index in [1.165, 1.54) is 24.7 Å². The van der Waals surface area contributed by atoms with Gasteiger partial charge in [-0.3, -0.25) is 5.32 Å². The van der Waals surface area contributed by atoms with E-state index >= 15 is 0 Å². The van der Waals surface area contributed by atoms with Crippen LogP contribution in [0.15, 0.2) is 90.0 Å². The van der Waals surface area contributed by atoms with Crippen molar-refractivity contribution in [2.24, 2.45) is 0 Å². The smallest absolute Gasteiger partial charge is 0.409 e. The fraction of sp³-hybridized carbons (Fsp3) is 0.233. The van der Waals surface area contributed by atoms with Gasteiger partial charge < -0.3 is 20.8 Å². The van der Waals surface area contributed by atoms with Crippen molar-refractivity contribution in [3.63, 3.8) is 0 Å². The van der Waals surface area contributed by atoms with Crippen molar-refractivity contribution in [3.8, 4) is 11.1 Å². The summed E-state index contributed by atoms with van der Waals surface area (Å²) < 4.78 is 19.8. The summed E-state index contributed by atoms with van der Waals surface area (Å²) in [5, 5.41) is 26.8. The van der Waals surface area contributed by atoms with Gasteiger partial charge in [-0.05, 0) is 67.1 Å². The molecule has 0 saturated heterocycles. The zero-order valence-corrected chi connectivity index (χ0v) is 23.7. The third kappa shape index (κ3) is 8.75. The highest BCUT2D eigenvalue weighted by molar-refractivity contribution is 7.91. The van der Waals surface area contributed by atoms with Crippen LogP contribution < -0.4 is 16.0 Å². The normalized spacial score (nSPS) is 14.5. The summed E-state index contributed by atoms with van der Waals surface area (Å²) in [5.41, 5.74) is 3.96. The van der Waals surface area contributed by atoms with Crippen LogP contribution in [-0.2, 0) is 9.73 Å². The maximum absolute atomic E-state index is 12.0. The zero-order chi connectivity index (χ0) is 29.4. The van der Waals surface area contributed by atoms with E-state index in [0.29, 0.717) is 27.7 Å². The molecule has 1 fully saturated rings. The van der Waals surface area contributed by atoms with Crippen LogP contribution in [0.5, 0.6) is 0 Å². The van der Waals surface area contributed by atoms with Gasteiger partial charge in [0.05, 0.1) is 16.3 Å². The van der Waals surface area contributed by atoms with E-state index in [1.807, 2.05) is 0 Å². The van der Waals surface area contributed by atoms with E-state index in [2.05, 4.69) is 56.3 Å². The lowest BCUT2D eigenvalue weighted by atomic mass is 10.1. The third-order valence-electron chi connectivity index (χ3n) is 6.28. The van der Waals surface area contributed by atoms with E-state index < -0.39 is 15.8 Å². The van der Waals surface area contributed by atoms with Gasteiger partial charge in [0.25, 0.3) is 0 Å². The molecule has 2 atom stereocenters. The molecular formula is C30H34N6O4S. The van der Waals surface area contributed by atoms with Crippen molar-refractivity contribution < 1.29 is 19.2 Å². The average Bonchev–Trinajstić information content (AvgIpc) is 3.80. The van der Waals surface area contributed by atoms with Gasteiger partial charge in [-0.2, -0.15) is 4.98 Å². The van der Waals surface area contributed by atoms with Crippen LogP contribution in [0.2, 0.25) is 0 Å². The van der Waals surface area contributed by atoms with Crippen LogP contribution in [0.25, 0.3) is 11.1 Å². The van der Waals surface area contributed by atoms with Crippen LogP contribution in [0.4, 0.5) is 27.9 Å².